The van der Waals surface area contributed by atoms with E-state index >= 15 is 0 Å². The summed E-state index contributed by atoms with van der Waals surface area (Å²) in [7, 11) is 1.52. The van der Waals surface area contributed by atoms with E-state index in [9.17, 15) is 34.2 Å². The van der Waals surface area contributed by atoms with Crippen LogP contribution in [0.1, 0.15) is 94.1 Å². The molecule has 4 N–H and O–H groups in total. The smallest absolute Gasteiger partial charge is 0.352 e. The van der Waals surface area contributed by atoms with Gasteiger partial charge < -0.3 is 30.0 Å². The Morgan fingerprint density at radius 1 is 1.02 bits per heavy atom. The van der Waals surface area contributed by atoms with Gasteiger partial charge in [-0.3, -0.25) is 19.2 Å². The van der Waals surface area contributed by atoms with Crippen molar-refractivity contribution in [3.63, 3.8) is 0 Å². The number of aliphatic hydroxyl groups is 1. The van der Waals surface area contributed by atoms with Gasteiger partial charge in [0.1, 0.15) is 17.0 Å². The van der Waals surface area contributed by atoms with Crippen molar-refractivity contribution in [1.29, 1.82) is 0 Å². The van der Waals surface area contributed by atoms with Gasteiger partial charge in [0.05, 0.1) is 13.5 Å². The molecular weight excluding hydrogens is 616 g/mol. The number of esters is 1. The van der Waals surface area contributed by atoms with Crippen LogP contribution < -0.4 is 10.1 Å². The van der Waals surface area contributed by atoms with Crippen LogP contribution in [-0.4, -0.2) is 70.5 Å². The number of hydrogen-bond acceptors (Lipinski definition) is 8. The fourth-order valence-electron chi connectivity index (χ4n) is 9.80. The zero-order valence-electron chi connectivity index (χ0n) is 28.0. The molecule has 3 fully saturated rings. The van der Waals surface area contributed by atoms with Gasteiger partial charge in [0.2, 0.25) is 11.7 Å². The van der Waals surface area contributed by atoms with Crippen molar-refractivity contribution in [2.75, 3.05) is 20.3 Å². The normalized spacial score (nSPS) is 30.9. The van der Waals surface area contributed by atoms with Gasteiger partial charge in [-0.15, -0.1) is 0 Å². The lowest BCUT2D eigenvalue weighted by Crippen LogP contribution is -2.58. The Morgan fingerprint density at radius 3 is 2.54 bits per heavy atom. The Bertz CT molecular complexity index is 1690. The number of ketones is 2. The van der Waals surface area contributed by atoms with E-state index in [0.29, 0.717) is 53.3 Å². The first-order valence-corrected chi connectivity index (χ1v) is 17.1. The van der Waals surface area contributed by atoms with Crippen LogP contribution >= 0.6 is 0 Å². The van der Waals surface area contributed by atoms with E-state index in [4.69, 9.17) is 9.47 Å². The van der Waals surface area contributed by atoms with Crippen LogP contribution in [0, 0.1) is 28.6 Å². The first kappa shape index (κ1) is 33.9. The third kappa shape index (κ3) is 5.73. The molecule has 0 spiro atoms. The Hall–Kier alpha value is -3.99. The topological polar surface area (TPSA) is 172 Å². The molecule has 0 aliphatic heterocycles. The predicted molar refractivity (Wildman–Crippen MR) is 175 cm³/mol. The molecule has 0 radical (unpaired) electrons. The van der Waals surface area contributed by atoms with Crippen LogP contribution in [-0.2, 0) is 30.3 Å². The Balaban J connectivity index is 0.990. The number of rotatable bonds is 11. The highest BCUT2D eigenvalue weighted by atomic mass is 16.5. The lowest BCUT2D eigenvalue weighted by Gasteiger charge is -2.58. The van der Waals surface area contributed by atoms with Gasteiger partial charge in [-0.1, -0.05) is 19.4 Å². The molecule has 48 heavy (non-hydrogen) atoms. The first-order valence-electron chi connectivity index (χ1n) is 17.1. The maximum Gasteiger partial charge on any atom is 0.352 e. The van der Waals surface area contributed by atoms with Gasteiger partial charge in [-0.2, -0.15) is 0 Å². The summed E-state index contributed by atoms with van der Waals surface area (Å²) in [5.41, 5.74) is 0.293. The fourth-order valence-corrected chi connectivity index (χ4v) is 9.80. The number of amides is 1. The molecule has 1 heterocycles. The van der Waals surface area contributed by atoms with E-state index < -0.39 is 41.3 Å². The molecule has 3 saturated carbocycles. The van der Waals surface area contributed by atoms with Crippen molar-refractivity contribution in [3.05, 3.63) is 41.1 Å². The highest BCUT2D eigenvalue weighted by Crippen LogP contribution is 2.67. The maximum atomic E-state index is 13.5. The molecule has 4 aliphatic carbocycles. The second kappa shape index (κ2) is 12.8. The van der Waals surface area contributed by atoms with Crippen LogP contribution in [0.25, 0.3) is 10.9 Å². The molecule has 1 aromatic carbocycles. The summed E-state index contributed by atoms with van der Waals surface area (Å²) in [6.45, 7) is 3.94. The quantitative estimate of drug-likeness (QED) is 0.249. The van der Waals surface area contributed by atoms with Gasteiger partial charge in [0, 0.05) is 35.7 Å². The minimum absolute atomic E-state index is 0.00331. The Kier molecular flexibility index (Phi) is 9.04. The van der Waals surface area contributed by atoms with Crippen molar-refractivity contribution in [1.82, 2.24) is 10.3 Å². The second-order valence-electron chi connectivity index (χ2n) is 14.7. The summed E-state index contributed by atoms with van der Waals surface area (Å²) in [5.74, 6) is -0.929. The van der Waals surface area contributed by atoms with E-state index in [1.54, 1.807) is 18.2 Å². The molecule has 11 nitrogen and oxygen atoms in total. The number of benzene rings is 1. The zero-order valence-corrected chi connectivity index (χ0v) is 28.0. The van der Waals surface area contributed by atoms with Crippen LogP contribution in [0.5, 0.6) is 5.75 Å². The summed E-state index contributed by atoms with van der Waals surface area (Å²) in [6, 6.07) is 5.20. The first-order chi connectivity index (χ1) is 22.8. The minimum atomic E-state index is -1.58. The number of hydrogen-bond donors (Lipinski definition) is 4. The number of aromatic amines is 1. The van der Waals surface area contributed by atoms with E-state index in [1.165, 1.54) is 12.7 Å². The van der Waals surface area contributed by atoms with Crippen LogP contribution in [0.3, 0.4) is 0 Å². The number of H-pyrrole nitrogens is 1. The molecule has 6 rings (SSSR count). The molecule has 1 amide bonds. The van der Waals surface area contributed by atoms with Gasteiger partial charge in [-0.25, -0.2) is 4.79 Å². The van der Waals surface area contributed by atoms with Crippen molar-refractivity contribution in [2.45, 2.75) is 90.1 Å². The summed E-state index contributed by atoms with van der Waals surface area (Å²) >= 11 is 0. The number of carboxylic acid groups (broad SMARTS) is 1. The number of carbonyl (C=O) groups excluding carboxylic acids is 4. The number of carboxylic acids is 1. The second-order valence-corrected chi connectivity index (χ2v) is 14.7. The monoisotopic (exact) mass is 662 g/mol. The van der Waals surface area contributed by atoms with Crippen molar-refractivity contribution < 1.29 is 43.7 Å². The molecule has 4 aliphatic rings. The summed E-state index contributed by atoms with van der Waals surface area (Å²) in [6.07, 6.45) is 7.67. The SMILES string of the molecule is COc1ccc2[nH]c(C(=O)O)c(CCNC(=O)CCC(=O)OCC(=O)[C@@]3(O)CC[C@@H]4[C@H]5CCC6=CC(=O)CC[C@]6(C)[C@@H]5CC[C@@]43C)c2c1. The van der Waals surface area contributed by atoms with E-state index in [0.717, 1.165) is 32.1 Å². The third-order valence-corrected chi connectivity index (χ3v) is 12.5. The standard InChI is InChI=1S/C37H46N2O9/c1-35-14-10-22(40)18-21(35)4-6-25-27(35)11-15-36(2)28(25)12-16-37(36,46)30(41)20-48-32(43)9-8-31(42)38-17-13-24-26-19-23(47-3)5-7-29(26)39-33(24)34(44)45/h5,7,18-19,25,27-28,39,46H,4,6,8-17,20H2,1-3H3,(H,38,42)(H,44,45)/t25-,27+,28+,35-,36-,37-/m0/s1. The Labute approximate surface area is 279 Å². The molecule has 0 saturated heterocycles. The number of fused-ring (bicyclic) bond motifs is 6. The number of ether oxygens (including phenoxy) is 2. The highest BCUT2D eigenvalue weighted by molar-refractivity contribution is 5.98. The van der Waals surface area contributed by atoms with Crippen LogP contribution in [0.2, 0.25) is 0 Å². The molecule has 6 atom stereocenters. The van der Waals surface area contributed by atoms with E-state index in [2.05, 4.69) is 17.2 Å². The van der Waals surface area contributed by atoms with Crippen molar-refractivity contribution in [2.24, 2.45) is 28.6 Å². The summed E-state index contributed by atoms with van der Waals surface area (Å²) in [5, 5.41) is 24.9. The number of Topliss-reactive ketones (excluding diaryl/α,β-unsaturated/α-hetero) is 1. The molecule has 0 unspecified atom stereocenters. The summed E-state index contributed by atoms with van der Waals surface area (Å²) in [4.78, 5) is 65.4. The maximum absolute atomic E-state index is 13.5. The highest BCUT2D eigenvalue weighted by Gasteiger charge is 2.66. The number of aromatic nitrogens is 1. The minimum Gasteiger partial charge on any atom is -0.497 e. The van der Waals surface area contributed by atoms with E-state index in [-0.39, 0.29) is 48.6 Å². The lowest BCUT2D eigenvalue weighted by atomic mass is 9.46. The van der Waals surface area contributed by atoms with Crippen molar-refractivity contribution in [3.8, 4) is 5.75 Å². The largest absolute Gasteiger partial charge is 0.497 e. The zero-order chi connectivity index (χ0) is 34.4. The lowest BCUT2D eigenvalue weighted by molar-refractivity contribution is -0.170. The predicted octanol–water partition coefficient (Wildman–Crippen LogP) is 4.69. The number of carbonyl (C=O) groups is 5. The van der Waals surface area contributed by atoms with Gasteiger partial charge in [-0.05, 0) is 104 Å². The number of aromatic carboxylic acids is 1. The molecule has 2 aromatic rings. The molecule has 258 valence electrons. The molecule has 0 bridgehead atoms. The number of methoxy groups -OCH3 is 1. The van der Waals surface area contributed by atoms with E-state index in [1.807, 2.05) is 13.0 Å². The van der Waals surface area contributed by atoms with Gasteiger partial charge >= 0.3 is 11.9 Å². The van der Waals surface area contributed by atoms with Gasteiger partial charge in [0.25, 0.3) is 0 Å². The summed E-state index contributed by atoms with van der Waals surface area (Å²) < 4.78 is 10.5. The molecule has 11 heteroatoms. The third-order valence-electron chi connectivity index (χ3n) is 12.5. The van der Waals surface area contributed by atoms with Crippen molar-refractivity contribution >= 4 is 40.3 Å². The number of nitrogens with one attached hydrogen (secondary N) is 2. The van der Waals surface area contributed by atoms with Crippen LogP contribution in [0.15, 0.2) is 29.8 Å². The van der Waals surface area contributed by atoms with Gasteiger partial charge in [0.15, 0.2) is 12.4 Å². The average Bonchev–Trinajstić information content (AvgIpc) is 3.57. The molecular formula is C37H46N2O9. The van der Waals surface area contributed by atoms with Crippen LogP contribution in [0.4, 0.5) is 0 Å². The number of allylic oxidation sites excluding steroid dienone is 1. The molecule has 1 aromatic heterocycles. The fraction of sp³-hybridized carbons (Fsp3) is 0.595. The average molecular weight is 663 g/mol. The Morgan fingerprint density at radius 2 is 1.79 bits per heavy atom.